The third-order valence-electron chi connectivity index (χ3n) is 2.69. The van der Waals surface area contributed by atoms with Gasteiger partial charge in [0.15, 0.2) is 5.11 Å². The molecule has 3 nitrogen and oxygen atoms in total. The van der Waals surface area contributed by atoms with Gasteiger partial charge in [0, 0.05) is 19.7 Å². The van der Waals surface area contributed by atoms with Crippen molar-refractivity contribution in [2.45, 2.75) is 25.8 Å². The van der Waals surface area contributed by atoms with E-state index < -0.39 is 0 Å². The first-order valence-electron chi connectivity index (χ1n) is 5.83. The van der Waals surface area contributed by atoms with E-state index in [1.807, 2.05) is 0 Å². The van der Waals surface area contributed by atoms with Crippen molar-refractivity contribution in [2.75, 3.05) is 31.8 Å². The summed E-state index contributed by atoms with van der Waals surface area (Å²) in [5.74, 6) is 3.39. The minimum Gasteiger partial charge on any atom is -0.383 e. The third-order valence-corrected chi connectivity index (χ3v) is 4.00. The van der Waals surface area contributed by atoms with E-state index >= 15 is 0 Å². The fraction of sp³-hybridized carbons (Fsp3) is 0.909. The number of rotatable bonds is 5. The van der Waals surface area contributed by atoms with Gasteiger partial charge >= 0.3 is 0 Å². The SMILES string of the molecule is COCC(C)NC(=S)NCC1CCSCC1. The molecule has 0 bridgehead atoms. The number of ether oxygens (including phenoxy) is 1. The first kappa shape index (κ1) is 14.1. The Labute approximate surface area is 108 Å². The molecule has 1 unspecified atom stereocenters. The van der Waals surface area contributed by atoms with Gasteiger partial charge in [0.05, 0.1) is 6.61 Å². The summed E-state index contributed by atoms with van der Waals surface area (Å²) in [5, 5.41) is 7.26. The summed E-state index contributed by atoms with van der Waals surface area (Å²) in [5.41, 5.74) is 0. The largest absolute Gasteiger partial charge is 0.383 e. The Bertz CT molecular complexity index is 208. The Balaban J connectivity index is 2.09. The topological polar surface area (TPSA) is 33.3 Å². The zero-order valence-corrected chi connectivity index (χ0v) is 11.8. The predicted octanol–water partition coefficient (Wildman–Crippen LogP) is 1.63. The molecule has 94 valence electrons. The molecule has 0 spiro atoms. The van der Waals surface area contributed by atoms with Gasteiger partial charge in [0.1, 0.15) is 0 Å². The van der Waals surface area contributed by atoms with Crippen LogP contribution in [0.5, 0.6) is 0 Å². The summed E-state index contributed by atoms with van der Waals surface area (Å²) in [4.78, 5) is 0. The second kappa shape index (κ2) is 8.14. The second-order valence-corrected chi connectivity index (χ2v) is 5.90. The summed E-state index contributed by atoms with van der Waals surface area (Å²) in [6, 6.07) is 0.270. The van der Waals surface area contributed by atoms with Crippen LogP contribution in [0.3, 0.4) is 0 Å². The van der Waals surface area contributed by atoms with Crippen molar-refractivity contribution >= 4 is 29.1 Å². The lowest BCUT2D eigenvalue weighted by Gasteiger charge is -2.23. The highest BCUT2D eigenvalue weighted by Crippen LogP contribution is 2.21. The number of hydrogen-bond acceptors (Lipinski definition) is 3. The highest BCUT2D eigenvalue weighted by atomic mass is 32.2. The maximum absolute atomic E-state index is 5.23. The van der Waals surface area contributed by atoms with Crippen LogP contribution in [0.15, 0.2) is 0 Å². The average Bonchev–Trinajstić information content (AvgIpc) is 2.28. The van der Waals surface area contributed by atoms with Crippen molar-refractivity contribution in [1.29, 1.82) is 0 Å². The zero-order valence-electron chi connectivity index (χ0n) is 10.1. The van der Waals surface area contributed by atoms with Crippen LogP contribution in [-0.2, 0) is 4.74 Å². The minimum absolute atomic E-state index is 0.270. The summed E-state index contributed by atoms with van der Waals surface area (Å²) in [6.45, 7) is 3.75. The first-order chi connectivity index (χ1) is 7.72. The molecule has 1 saturated heterocycles. The van der Waals surface area contributed by atoms with Crippen LogP contribution < -0.4 is 10.6 Å². The van der Waals surface area contributed by atoms with Gasteiger partial charge in [0.2, 0.25) is 0 Å². The molecule has 0 amide bonds. The molecular formula is C11H22N2OS2. The van der Waals surface area contributed by atoms with Crippen LogP contribution >= 0.6 is 24.0 Å². The molecule has 1 heterocycles. The summed E-state index contributed by atoms with van der Waals surface area (Å²) >= 11 is 7.29. The van der Waals surface area contributed by atoms with Gasteiger partial charge in [-0.25, -0.2) is 0 Å². The molecule has 5 heteroatoms. The highest BCUT2D eigenvalue weighted by molar-refractivity contribution is 7.99. The summed E-state index contributed by atoms with van der Waals surface area (Å²) in [6.07, 6.45) is 2.63. The molecule has 0 aliphatic carbocycles. The van der Waals surface area contributed by atoms with Crippen LogP contribution in [0.2, 0.25) is 0 Å². The molecular weight excluding hydrogens is 240 g/mol. The van der Waals surface area contributed by atoms with Crippen molar-refractivity contribution in [3.8, 4) is 0 Å². The van der Waals surface area contributed by atoms with Gasteiger partial charge in [-0.05, 0) is 49.4 Å². The van der Waals surface area contributed by atoms with Crippen LogP contribution in [0, 0.1) is 5.92 Å². The molecule has 0 saturated carbocycles. The van der Waals surface area contributed by atoms with Crippen molar-refractivity contribution in [1.82, 2.24) is 10.6 Å². The van der Waals surface area contributed by atoms with Crippen LogP contribution in [0.25, 0.3) is 0 Å². The highest BCUT2D eigenvalue weighted by Gasteiger charge is 2.13. The molecule has 1 aliphatic heterocycles. The lowest BCUT2D eigenvalue weighted by Crippen LogP contribution is -2.44. The first-order valence-corrected chi connectivity index (χ1v) is 7.39. The Morgan fingerprint density at radius 1 is 1.50 bits per heavy atom. The fourth-order valence-electron chi connectivity index (χ4n) is 1.75. The molecule has 0 radical (unpaired) electrons. The van der Waals surface area contributed by atoms with E-state index in [0.29, 0.717) is 6.61 Å². The van der Waals surface area contributed by atoms with Gasteiger partial charge in [-0.3, -0.25) is 0 Å². The van der Waals surface area contributed by atoms with Gasteiger partial charge < -0.3 is 15.4 Å². The predicted molar refractivity (Wildman–Crippen MR) is 75.1 cm³/mol. The second-order valence-electron chi connectivity index (χ2n) is 4.27. The Hall–Kier alpha value is 0. The van der Waals surface area contributed by atoms with E-state index in [2.05, 4.69) is 29.3 Å². The standard InChI is InChI=1S/C11H22N2OS2/c1-9(8-14-2)13-11(15)12-7-10-3-5-16-6-4-10/h9-10H,3-8H2,1-2H3,(H2,12,13,15). The number of methoxy groups -OCH3 is 1. The van der Waals surface area contributed by atoms with E-state index in [-0.39, 0.29) is 6.04 Å². The monoisotopic (exact) mass is 262 g/mol. The summed E-state index contributed by atoms with van der Waals surface area (Å²) in [7, 11) is 1.70. The molecule has 1 fully saturated rings. The lowest BCUT2D eigenvalue weighted by molar-refractivity contribution is 0.179. The molecule has 0 aromatic carbocycles. The maximum Gasteiger partial charge on any atom is 0.166 e. The number of thioether (sulfide) groups is 1. The van der Waals surface area contributed by atoms with E-state index in [9.17, 15) is 0 Å². The number of thiocarbonyl (C=S) groups is 1. The third kappa shape index (κ3) is 5.92. The molecule has 1 atom stereocenters. The average molecular weight is 262 g/mol. The van der Waals surface area contributed by atoms with Crippen molar-refractivity contribution < 1.29 is 4.74 Å². The quantitative estimate of drug-likeness (QED) is 0.736. The molecule has 16 heavy (non-hydrogen) atoms. The molecule has 0 aromatic heterocycles. The Morgan fingerprint density at radius 3 is 2.81 bits per heavy atom. The fourth-order valence-corrected chi connectivity index (χ4v) is 3.24. The summed E-state index contributed by atoms with van der Waals surface area (Å²) < 4.78 is 5.05. The Kier molecular flexibility index (Phi) is 7.16. The molecule has 1 rings (SSSR count). The van der Waals surface area contributed by atoms with E-state index in [0.717, 1.165) is 17.6 Å². The number of hydrogen-bond donors (Lipinski definition) is 2. The normalized spacial score (nSPS) is 19.1. The van der Waals surface area contributed by atoms with Crippen molar-refractivity contribution in [3.05, 3.63) is 0 Å². The maximum atomic E-state index is 5.23. The lowest BCUT2D eigenvalue weighted by atomic mass is 10.0. The van der Waals surface area contributed by atoms with Gasteiger partial charge in [0.25, 0.3) is 0 Å². The number of nitrogens with one attached hydrogen (secondary N) is 2. The smallest absolute Gasteiger partial charge is 0.166 e. The van der Waals surface area contributed by atoms with E-state index in [1.165, 1.54) is 24.3 Å². The van der Waals surface area contributed by atoms with Gasteiger partial charge in [-0.2, -0.15) is 11.8 Å². The van der Waals surface area contributed by atoms with E-state index in [4.69, 9.17) is 17.0 Å². The molecule has 0 aromatic rings. The van der Waals surface area contributed by atoms with Crippen molar-refractivity contribution in [3.63, 3.8) is 0 Å². The van der Waals surface area contributed by atoms with Crippen molar-refractivity contribution in [2.24, 2.45) is 5.92 Å². The van der Waals surface area contributed by atoms with Crippen LogP contribution in [0.4, 0.5) is 0 Å². The van der Waals surface area contributed by atoms with Gasteiger partial charge in [-0.15, -0.1) is 0 Å². The van der Waals surface area contributed by atoms with Crippen LogP contribution in [-0.4, -0.2) is 42.9 Å². The molecule has 1 aliphatic rings. The van der Waals surface area contributed by atoms with E-state index in [1.54, 1.807) is 7.11 Å². The molecule has 2 N–H and O–H groups in total. The van der Waals surface area contributed by atoms with Gasteiger partial charge in [-0.1, -0.05) is 0 Å². The Morgan fingerprint density at radius 2 is 2.19 bits per heavy atom. The minimum atomic E-state index is 0.270. The van der Waals surface area contributed by atoms with Crippen LogP contribution in [0.1, 0.15) is 19.8 Å². The zero-order chi connectivity index (χ0) is 11.8.